The van der Waals surface area contributed by atoms with Crippen molar-refractivity contribution in [3.8, 4) is 11.4 Å². The Hall–Kier alpha value is -3.81. The van der Waals surface area contributed by atoms with Gasteiger partial charge in [0.15, 0.2) is 0 Å². The zero-order chi connectivity index (χ0) is 19.4. The molecule has 5 rings (SSSR count). The Morgan fingerprint density at radius 3 is 2.82 bits per heavy atom. The van der Waals surface area contributed by atoms with Crippen molar-refractivity contribution in [3.63, 3.8) is 0 Å². The van der Waals surface area contributed by atoms with Crippen molar-refractivity contribution in [2.45, 2.75) is 0 Å². The van der Waals surface area contributed by atoms with Crippen LogP contribution in [-0.4, -0.2) is 30.0 Å². The van der Waals surface area contributed by atoms with Gasteiger partial charge in [-0.15, -0.1) is 0 Å². The summed E-state index contributed by atoms with van der Waals surface area (Å²) in [5, 5.41) is 5.31. The molecule has 0 unspecified atom stereocenters. The number of halogens is 1. The fourth-order valence-electron chi connectivity index (χ4n) is 3.48. The van der Waals surface area contributed by atoms with Crippen LogP contribution in [0.1, 0.15) is 16.2 Å². The number of aromatic nitrogens is 5. The second-order valence-electron chi connectivity index (χ2n) is 6.60. The van der Waals surface area contributed by atoms with Gasteiger partial charge in [-0.2, -0.15) is 4.98 Å². The van der Waals surface area contributed by atoms with E-state index in [9.17, 15) is 9.18 Å². The van der Waals surface area contributed by atoms with Crippen LogP contribution in [0.3, 0.4) is 0 Å². The summed E-state index contributed by atoms with van der Waals surface area (Å²) in [6.07, 6.45) is 5.14. The number of rotatable bonds is 3. The minimum absolute atomic E-state index is 0.125. The molecule has 0 aliphatic rings. The Morgan fingerprint density at radius 1 is 1.11 bits per heavy atom. The summed E-state index contributed by atoms with van der Waals surface area (Å²) < 4.78 is 22.6. The number of hydrogen-bond donors (Lipinski definition) is 0. The highest BCUT2D eigenvalue weighted by molar-refractivity contribution is 6.14. The van der Waals surface area contributed by atoms with Crippen molar-refractivity contribution in [1.29, 1.82) is 0 Å². The standard InChI is InChI=1S/C20H14FN5O2/c1-25-10-15(13-8-11(21)5-6-16(13)25)18-23-20(28-24-18)17(27)14-9-26(2)19-12(14)4-3-7-22-19/h3-10H,1-2H3. The number of aryl methyl sites for hydroxylation is 2. The van der Waals surface area contributed by atoms with E-state index < -0.39 is 0 Å². The van der Waals surface area contributed by atoms with Crippen LogP contribution in [-0.2, 0) is 14.1 Å². The molecule has 0 radical (unpaired) electrons. The molecule has 4 heterocycles. The highest BCUT2D eigenvalue weighted by Gasteiger charge is 2.23. The summed E-state index contributed by atoms with van der Waals surface area (Å²) in [6, 6.07) is 8.08. The fourth-order valence-corrected chi connectivity index (χ4v) is 3.48. The second-order valence-corrected chi connectivity index (χ2v) is 6.60. The zero-order valence-electron chi connectivity index (χ0n) is 15.0. The number of benzene rings is 1. The van der Waals surface area contributed by atoms with Gasteiger partial charge in [0.1, 0.15) is 11.5 Å². The van der Waals surface area contributed by atoms with Gasteiger partial charge in [-0.1, -0.05) is 5.16 Å². The van der Waals surface area contributed by atoms with Gasteiger partial charge in [0, 0.05) is 54.5 Å². The highest BCUT2D eigenvalue weighted by Crippen LogP contribution is 2.29. The summed E-state index contributed by atoms with van der Waals surface area (Å²) in [7, 11) is 3.66. The molecule has 0 aliphatic heterocycles. The molecule has 0 fully saturated rings. The quantitative estimate of drug-likeness (QED) is 0.451. The molecule has 0 amide bonds. The first kappa shape index (κ1) is 16.4. The smallest absolute Gasteiger partial charge is 0.299 e. The van der Waals surface area contributed by atoms with Crippen LogP contribution in [0.4, 0.5) is 4.39 Å². The van der Waals surface area contributed by atoms with Gasteiger partial charge in [-0.05, 0) is 30.3 Å². The van der Waals surface area contributed by atoms with Crippen LogP contribution in [0.5, 0.6) is 0 Å². The van der Waals surface area contributed by atoms with Crippen LogP contribution in [0, 0.1) is 5.82 Å². The number of pyridine rings is 1. The topological polar surface area (TPSA) is 78.7 Å². The van der Waals surface area contributed by atoms with E-state index in [0.717, 1.165) is 5.52 Å². The molecule has 0 saturated heterocycles. The van der Waals surface area contributed by atoms with Crippen LogP contribution >= 0.6 is 0 Å². The Bertz CT molecular complexity index is 1380. The number of hydrogen-bond acceptors (Lipinski definition) is 5. The number of fused-ring (bicyclic) bond motifs is 2. The van der Waals surface area contributed by atoms with Crippen molar-refractivity contribution in [3.05, 3.63) is 66.2 Å². The van der Waals surface area contributed by atoms with E-state index in [4.69, 9.17) is 4.52 Å². The maximum atomic E-state index is 13.7. The molecule has 0 aliphatic carbocycles. The monoisotopic (exact) mass is 375 g/mol. The lowest BCUT2D eigenvalue weighted by molar-refractivity contribution is 0.0995. The van der Waals surface area contributed by atoms with Gasteiger partial charge < -0.3 is 13.7 Å². The summed E-state index contributed by atoms with van der Waals surface area (Å²) in [5.74, 6) is -0.635. The molecule has 7 nitrogen and oxygen atoms in total. The average Bonchev–Trinajstić information content (AvgIpc) is 3.38. The molecule has 1 aromatic carbocycles. The predicted molar refractivity (Wildman–Crippen MR) is 100 cm³/mol. The van der Waals surface area contributed by atoms with Gasteiger partial charge in [0.2, 0.25) is 5.82 Å². The Balaban J connectivity index is 1.60. The molecule has 0 spiro atoms. The first-order valence-corrected chi connectivity index (χ1v) is 8.56. The minimum Gasteiger partial charge on any atom is -0.350 e. The van der Waals surface area contributed by atoms with Crippen molar-refractivity contribution in [2.24, 2.45) is 14.1 Å². The van der Waals surface area contributed by atoms with E-state index in [1.165, 1.54) is 12.1 Å². The van der Waals surface area contributed by atoms with Gasteiger partial charge >= 0.3 is 0 Å². The van der Waals surface area contributed by atoms with Crippen LogP contribution < -0.4 is 0 Å². The van der Waals surface area contributed by atoms with Gasteiger partial charge in [0.05, 0.1) is 5.56 Å². The number of ketones is 1. The second kappa shape index (κ2) is 5.85. The lowest BCUT2D eigenvalue weighted by atomic mass is 10.1. The summed E-state index contributed by atoms with van der Waals surface area (Å²) in [6.45, 7) is 0. The first-order valence-electron chi connectivity index (χ1n) is 8.56. The van der Waals surface area contributed by atoms with Crippen LogP contribution in [0.15, 0.2) is 53.4 Å². The highest BCUT2D eigenvalue weighted by atomic mass is 19.1. The molecule has 138 valence electrons. The maximum Gasteiger partial charge on any atom is 0.299 e. The molecule has 0 bridgehead atoms. The molecule has 5 aromatic rings. The SMILES string of the molecule is Cn1cc(-c2noc(C(=O)c3cn(C)c4ncccc34)n2)c2cc(F)ccc21. The van der Waals surface area contributed by atoms with E-state index in [-0.39, 0.29) is 23.3 Å². The largest absolute Gasteiger partial charge is 0.350 e. The lowest BCUT2D eigenvalue weighted by Gasteiger charge is -1.95. The molecule has 4 aromatic heterocycles. The molecule has 0 atom stereocenters. The van der Waals surface area contributed by atoms with Crippen molar-refractivity contribution in [2.75, 3.05) is 0 Å². The summed E-state index contributed by atoms with van der Waals surface area (Å²) >= 11 is 0. The molecule has 0 saturated carbocycles. The van der Waals surface area contributed by atoms with E-state index in [0.29, 0.717) is 27.5 Å². The molecule has 0 N–H and O–H groups in total. The molecular formula is C20H14FN5O2. The predicted octanol–water partition coefficient (Wildman–Crippen LogP) is 3.49. The third-order valence-corrected chi connectivity index (χ3v) is 4.79. The van der Waals surface area contributed by atoms with Crippen molar-refractivity contribution < 1.29 is 13.7 Å². The zero-order valence-corrected chi connectivity index (χ0v) is 15.0. The van der Waals surface area contributed by atoms with E-state index in [2.05, 4.69) is 15.1 Å². The van der Waals surface area contributed by atoms with Crippen LogP contribution in [0.2, 0.25) is 0 Å². The minimum atomic E-state index is -0.385. The third-order valence-electron chi connectivity index (χ3n) is 4.79. The van der Waals surface area contributed by atoms with E-state index in [1.54, 1.807) is 35.3 Å². The first-order chi connectivity index (χ1) is 13.5. The third kappa shape index (κ3) is 2.34. The van der Waals surface area contributed by atoms with Crippen LogP contribution in [0.25, 0.3) is 33.3 Å². The Morgan fingerprint density at radius 2 is 1.96 bits per heavy atom. The van der Waals surface area contributed by atoms with E-state index in [1.807, 2.05) is 24.7 Å². The van der Waals surface area contributed by atoms with Gasteiger partial charge in [-0.3, -0.25) is 4.79 Å². The number of carbonyl (C=O) groups is 1. The fraction of sp³-hybridized carbons (Fsp3) is 0.100. The molecule has 28 heavy (non-hydrogen) atoms. The van der Waals surface area contributed by atoms with E-state index >= 15 is 0 Å². The van der Waals surface area contributed by atoms with Gasteiger partial charge in [0.25, 0.3) is 11.7 Å². The summed E-state index contributed by atoms with van der Waals surface area (Å²) in [4.78, 5) is 21.5. The number of carbonyl (C=O) groups excluding carboxylic acids is 1. The lowest BCUT2D eigenvalue weighted by Crippen LogP contribution is -2.01. The van der Waals surface area contributed by atoms with Gasteiger partial charge in [-0.25, -0.2) is 9.37 Å². The normalized spacial score (nSPS) is 11.5. The summed E-state index contributed by atoms with van der Waals surface area (Å²) in [5.41, 5.74) is 2.55. The maximum absolute atomic E-state index is 13.7. The average molecular weight is 375 g/mol. The van der Waals surface area contributed by atoms with Crippen molar-refractivity contribution >= 4 is 27.7 Å². The Kier molecular flexibility index (Phi) is 3.42. The number of nitrogens with zero attached hydrogens (tertiary/aromatic N) is 5. The Labute approximate surface area is 158 Å². The molecule has 8 heteroatoms. The molecular weight excluding hydrogens is 361 g/mol. The van der Waals surface area contributed by atoms with Crippen molar-refractivity contribution in [1.82, 2.24) is 24.3 Å².